The highest BCUT2D eigenvalue weighted by molar-refractivity contribution is 9.10. The number of aliphatic hydroxyl groups is 3. The normalized spacial score (nSPS) is 25.4. The summed E-state index contributed by atoms with van der Waals surface area (Å²) >= 11 is 7.06. The fraction of sp³-hybridized carbons (Fsp3) is 0.494. The Hall–Kier alpha value is -8.06. The molecule has 4 fully saturated rings. The van der Waals surface area contributed by atoms with Crippen molar-refractivity contribution in [3.05, 3.63) is 130 Å². The lowest BCUT2D eigenvalue weighted by atomic mass is 9.91. The van der Waals surface area contributed by atoms with Crippen LogP contribution in [-0.2, 0) is 43.0 Å². The van der Waals surface area contributed by atoms with Crippen LogP contribution in [0.5, 0.6) is 11.8 Å². The molecule has 0 radical (unpaired) electrons. The van der Waals surface area contributed by atoms with Gasteiger partial charge in [-0.2, -0.15) is 0 Å². The largest absolute Gasteiger partial charge is 0.471 e. The zero-order chi connectivity index (χ0) is 75.9. The van der Waals surface area contributed by atoms with Gasteiger partial charge in [-0.15, -0.1) is 12.4 Å². The summed E-state index contributed by atoms with van der Waals surface area (Å²) in [6.07, 6.45) is 13.8. The molecule has 6 aliphatic rings. The Bertz CT molecular complexity index is 4220. The van der Waals surface area contributed by atoms with Crippen LogP contribution in [-0.4, -0.2) is 187 Å². The molecule has 6 heterocycles. The molecule has 30 heteroatoms. The first-order valence-electron chi connectivity index (χ1n) is 35.8. The minimum absolute atomic E-state index is 0. The number of rotatable bonds is 16. The lowest BCUT2D eigenvalue weighted by Crippen LogP contribution is -2.52. The lowest BCUT2D eigenvalue weighted by molar-refractivity contribution is -0.153. The third kappa shape index (κ3) is 21.1. The molecule has 4 aliphatic heterocycles. The molecule has 23 nitrogen and oxygen atoms in total. The van der Waals surface area contributed by atoms with Crippen LogP contribution in [0.25, 0.3) is 44.6 Å². The summed E-state index contributed by atoms with van der Waals surface area (Å²) in [5.41, 5.74) is 9.66. The number of hydrogen-bond donors (Lipinski definition) is 5. The fourth-order valence-corrected chi connectivity index (χ4v) is 14.7. The number of alkyl halides is 4. The van der Waals surface area contributed by atoms with Gasteiger partial charge < -0.3 is 59.9 Å². The number of ketones is 2. The summed E-state index contributed by atoms with van der Waals surface area (Å²) in [6, 6.07) is 26.3. The average Bonchev–Trinajstić information content (AvgIpc) is 1.59. The van der Waals surface area contributed by atoms with E-state index in [4.69, 9.17) is 59.9 Å². The Kier molecular flexibility index (Phi) is 29.0. The third-order valence-electron chi connectivity index (χ3n) is 19.8. The van der Waals surface area contributed by atoms with Crippen molar-refractivity contribution < 1.29 is 90.1 Å². The van der Waals surface area contributed by atoms with E-state index in [9.17, 15) is 51.1 Å². The number of ether oxygens (including phenoxy) is 5. The molecule has 4 aromatic carbocycles. The Balaban J connectivity index is 0.000000228. The number of benzene rings is 4. The van der Waals surface area contributed by atoms with Gasteiger partial charge >= 0.3 is 24.0 Å². The standard InChI is InChI=1S/C39H43BrF2N4O8.C35H39BrN4O5.C3H6F2O2.ClH/c1-2-52-36(50)38-19-25(38)12-6-4-3-5-7-16-30(45-37(51)53-23-39(41,42)22-47)35(49)46-21-27(18-31(46)32(48)20-38)54-34-33(24-11-10-13-26(40)17-24)43-28-14-8-9-15-29(28)44-34;1-2-44-34(43)35-19-23(35)12-6-4-3-5-7-14-26(37)33(42)40-21-25(18-29(40)30(41)20-35)45-32-31(22-11-10-13-24(36)17-22)38-27-15-8-9-16-28(27)39-32;4-3(5,1-6)2-7;/h6,8-15,17,25,27,30-31,47H,2-5,7,16,18-23H2,1H3,(H,45,51);6,8-13,15-17,23,25-26,29H,2-5,7,14,18-21,37H2,1H3;6-7H,1-2H2;1H/b2*12-6-;;/t25-,27-,30+,31+,38-;23-,25-,26+,29+,35-;;/m11../s1. The summed E-state index contributed by atoms with van der Waals surface area (Å²) in [5, 5.41) is 26.7. The number of alkyl carbamates (subject to hydrolysis) is 1. The summed E-state index contributed by atoms with van der Waals surface area (Å²) in [4.78, 5) is 118. The number of halogens is 7. The van der Waals surface area contributed by atoms with Crippen molar-refractivity contribution in [3.8, 4) is 34.3 Å². The second-order valence-corrected chi connectivity index (χ2v) is 29.4. The third-order valence-corrected chi connectivity index (χ3v) is 20.8. The molecule has 2 aromatic heterocycles. The van der Waals surface area contributed by atoms with Crippen LogP contribution in [0.15, 0.2) is 130 Å². The number of Topliss-reactive ketones (excluding diaryl/α,β-unsaturated/α-hetero) is 2. The molecule has 576 valence electrons. The van der Waals surface area contributed by atoms with Gasteiger partial charge in [0.05, 0.1) is 77.3 Å². The predicted molar refractivity (Wildman–Crippen MR) is 397 cm³/mol. The zero-order valence-electron chi connectivity index (χ0n) is 59.3. The highest BCUT2D eigenvalue weighted by Crippen LogP contribution is 2.59. The number of aliphatic hydroxyl groups excluding tert-OH is 3. The van der Waals surface area contributed by atoms with Crippen molar-refractivity contribution in [2.75, 3.05) is 52.7 Å². The number of para-hydroxylation sites is 4. The molecule has 6 N–H and O–H groups in total. The van der Waals surface area contributed by atoms with Gasteiger partial charge in [0.1, 0.15) is 49.5 Å². The molecule has 6 aromatic rings. The molecule has 3 amide bonds. The monoisotopic (exact) mass is 1630 g/mol. The van der Waals surface area contributed by atoms with Crippen LogP contribution in [0.4, 0.5) is 22.4 Å². The second kappa shape index (κ2) is 37.4. The van der Waals surface area contributed by atoms with Crippen LogP contribution in [0, 0.1) is 22.7 Å². The topological polar surface area (TPSA) is 322 Å². The van der Waals surface area contributed by atoms with Crippen molar-refractivity contribution in [2.45, 2.75) is 165 Å². The van der Waals surface area contributed by atoms with Crippen molar-refractivity contribution in [3.63, 3.8) is 0 Å². The number of hydrogen-bond acceptors (Lipinski definition) is 20. The van der Waals surface area contributed by atoms with Crippen molar-refractivity contribution in [1.29, 1.82) is 0 Å². The number of fused-ring (bicyclic) bond motifs is 6. The maximum Gasteiger partial charge on any atom is 0.407 e. The maximum atomic E-state index is 14.4. The highest BCUT2D eigenvalue weighted by Gasteiger charge is 2.63. The first-order chi connectivity index (χ1) is 50.8. The number of allylic oxidation sites excluding steroid dienone is 4. The van der Waals surface area contributed by atoms with Gasteiger partial charge in [-0.05, 0) is 126 Å². The van der Waals surface area contributed by atoms with E-state index in [1.807, 2.05) is 103 Å². The Labute approximate surface area is 639 Å². The summed E-state index contributed by atoms with van der Waals surface area (Å²) in [5.74, 6) is -8.91. The van der Waals surface area contributed by atoms with E-state index in [1.54, 1.807) is 24.8 Å². The van der Waals surface area contributed by atoms with E-state index in [-0.39, 0.29) is 112 Å². The van der Waals surface area contributed by atoms with Crippen LogP contribution in [0.2, 0.25) is 0 Å². The number of amides is 3. The van der Waals surface area contributed by atoms with E-state index in [0.29, 0.717) is 72.3 Å². The first kappa shape index (κ1) is 83.0. The molecule has 10 atom stereocenters. The number of carbonyl (C=O) groups excluding carboxylic acids is 7. The molecule has 2 aliphatic carbocycles. The minimum atomic E-state index is -3.66. The minimum Gasteiger partial charge on any atom is -0.471 e. The molecule has 0 spiro atoms. The van der Waals surface area contributed by atoms with Crippen LogP contribution in [0.1, 0.15) is 117 Å². The molecule has 0 unspecified atom stereocenters. The van der Waals surface area contributed by atoms with Gasteiger partial charge in [-0.1, -0.05) is 130 Å². The fourth-order valence-electron chi connectivity index (χ4n) is 13.9. The molecular formula is C77H89Br2ClF4N8O15. The number of nitrogens with zero attached hydrogens (tertiary/aromatic N) is 6. The Morgan fingerprint density at radius 3 is 1.43 bits per heavy atom. The van der Waals surface area contributed by atoms with Crippen molar-refractivity contribution in [2.24, 2.45) is 28.4 Å². The SMILES string of the molecule is CCOC(=O)[C@]12CC(=O)[C@@H]3C[C@@H](Oc4nc5ccccc5nc4-c4cccc(Br)c4)CN3C(=O)[C@@H](N)CCCCC/C=C\[C@@H]1C2.CCOC(=O)[C@]12CC(=O)[C@@H]3C[C@@H](Oc4nc5ccccc5nc4-c4cccc(Br)c4)CN3C(=O)[C@@H](NC(=O)OCC(F)(F)CO)CCCCC/C=C\[C@@H]1C2.Cl.OCC(F)(F)CO. The maximum absolute atomic E-state index is 14.4. The molecule has 2 saturated carbocycles. The van der Waals surface area contributed by atoms with Gasteiger partial charge in [-0.3, -0.25) is 28.8 Å². The van der Waals surface area contributed by atoms with Gasteiger partial charge in [0.15, 0.2) is 18.2 Å². The molecule has 12 rings (SSSR count). The lowest BCUT2D eigenvalue weighted by Gasteiger charge is -2.29. The summed E-state index contributed by atoms with van der Waals surface area (Å²) < 4.78 is 80.5. The number of aromatic nitrogens is 4. The van der Waals surface area contributed by atoms with Crippen molar-refractivity contribution in [1.82, 2.24) is 35.1 Å². The van der Waals surface area contributed by atoms with Gasteiger partial charge in [-0.25, -0.2) is 42.3 Å². The number of carbonyl (C=O) groups is 7. The van der Waals surface area contributed by atoms with Gasteiger partial charge in [0, 0.05) is 45.8 Å². The highest BCUT2D eigenvalue weighted by atomic mass is 79.9. The zero-order valence-corrected chi connectivity index (χ0v) is 63.3. The Morgan fingerprint density at radius 1 is 0.579 bits per heavy atom. The van der Waals surface area contributed by atoms with E-state index in [0.717, 1.165) is 57.7 Å². The van der Waals surface area contributed by atoms with E-state index < -0.39 is 103 Å². The van der Waals surface area contributed by atoms with E-state index in [2.05, 4.69) is 54.1 Å². The van der Waals surface area contributed by atoms with Crippen LogP contribution >= 0.6 is 44.3 Å². The number of nitrogens with two attached hydrogens (primary N) is 1. The smallest absolute Gasteiger partial charge is 0.407 e. The quantitative estimate of drug-likeness (QED) is 0.0260. The molecule has 107 heavy (non-hydrogen) atoms. The summed E-state index contributed by atoms with van der Waals surface area (Å²) in [7, 11) is 0. The molecular weight excluding hydrogens is 1550 g/mol. The van der Waals surface area contributed by atoms with Crippen LogP contribution < -0.4 is 20.5 Å². The first-order valence-corrected chi connectivity index (χ1v) is 37.4. The predicted octanol–water partition coefficient (Wildman–Crippen LogP) is 12.0. The van der Waals surface area contributed by atoms with E-state index >= 15 is 0 Å². The summed E-state index contributed by atoms with van der Waals surface area (Å²) in [6.45, 7) is -1.49. The molecule has 0 bridgehead atoms. The van der Waals surface area contributed by atoms with Gasteiger partial charge in [0.2, 0.25) is 23.6 Å². The average molecular weight is 1640 g/mol. The van der Waals surface area contributed by atoms with Gasteiger partial charge in [0.25, 0.3) is 5.92 Å². The van der Waals surface area contributed by atoms with Crippen LogP contribution in [0.3, 0.4) is 0 Å². The molecule has 2 saturated heterocycles. The van der Waals surface area contributed by atoms with Crippen molar-refractivity contribution >= 4 is 108 Å². The van der Waals surface area contributed by atoms with E-state index in [1.165, 1.54) is 4.90 Å². The Morgan fingerprint density at radius 2 is 1.01 bits per heavy atom. The number of nitrogens with one attached hydrogen (secondary N) is 1. The number of esters is 2. The second-order valence-electron chi connectivity index (χ2n) is 27.6.